The molecule has 2 heterocycles. The monoisotopic (exact) mass is 379 g/mol. The summed E-state index contributed by atoms with van der Waals surface area (Å²) in [6.07, 6.45) is 2.86. The fraction of sp³-hybridized carbons (Fsp3) is 0.632. The van der Waals surface area contributed by atoms with E-state index in [-0.39, 0.29) is 11.9 Å². The van der Waals surface area contributed by atoms with Crippen molar-refractivity contribution in [2.75, 3.05) is 32.4 Å². The normalized spacial score (nSPS) is 21.6. The molecule has 1 fully saturated rings. The van der Waals surface area contributed by atoms with E-state index >= 15 is 0 Å². The number of rotatable bonds is 5. The number of amides is 1. The molecule has 0 saturated carbocycles. The van der Waals surface area contributed by atoms with Crippen LogP contribution in [0.15, 0.2) is 24.3 Å². The van der Waals surface area contributed by atoms with E-state index in [1.165, 1.54) is 17.4 Å². The van der Waals surface area contributed by atoms with Crippen LogP contribution < -0.4 is 10.6 Å². The summed E-state index contributed by atoms with van der Waals surface area (Å²) in [5, 5.41) is 6.07. The van der Waals surface area contributed by atoms with Gasteiger partial charge in [0, 0.05) is 31.9 Å². The summed E-state index contributed by atoms with van der Waals surface area (Å²) in [7, 11) is -3.47. The molecule has 0 aromatic heterocycles. The Morgan fingerprint density at radius 3 is 2.58 bits per heavy atom. The number of fused-ring (bicyclic) bond motifs is 1. The van der Waals surface area contributed by atoms with Crippen LogP contribution in [0.2, 0.25) is 0 Å². The lowest BCUT2D eigenvalue weighted by Gasteiger charge is -2.36. The maximum absolute atomic E-state index is 12.8. The molecule has 1 saturated heterocycles. The minimum absolute atomic E-state index is 0.158. The largest absolute Gasteiger partial charge is 0.353 e. The van der Waals surface area contributed by atoms with E-state index in [9.17, 15) is 13.2 Å². The van der Waals surface area contributed by atoms with E-state index in [1.807, 2.05) is 0 Å². The summed E-state index contributed by atoms with van der Waals surface area (Å²) in [5.74, 6) is -0.342. The van der Waals surface area contributed by atoms with Crippen molar-refractivity contribution < 1.29 is 13.2 Å². The molecule has 1 atom stereocenters. The summed E-state index contributed by atoms with van der Waals surface area (Å²) in [4.78, 5) is 15.2. The fourth-order valence-corrected chi connectivity index (χ4v) is 5.38. The molecular formula is C19H29N3O3S. The summed E-state index contributed by atoms with van der Waals surface area (Å²) in [6, 6.07) is 8.61. The van der Waals surface area contributed by atoms with Crippen molar-refractivity contribution in [1.29, 1.82) is 0 Å². The van der Waals surface area contributed by atoms with Crippen molar-refractivity contribution in [1.82, 2.24) is 15.5 Å². The molecule has 144 valence electrons. The first-order chi connectivity index (χ1) is 12.3. The van der Waals surface area contributed by atoms with Crippen LogP contribution in [0.4, 0.5) is 0 Å². The van der Waals surface area contributed by atoms with Gasteiger partial charge >= 0.3 is 0 Å². The van der Waals surface area contributed by atoms with Crippen molar-refractivity contribution in [2.45, 2.75) is 43.5 Å². The highest BCUT2D eigenvalue weighted by Gasteiger charge is 2.48. The third-order valence-electron chi connectivity index (χ3n) is 5.88. The molecule has 0 aliphatic carbocycles. The van der Waals surface area contributed by atoms with Crippen molar-refractivity contribution in [2.24, 2.45) is 0 Å². The number of carbonyl (C=O) groups is 1. The minimum Gasteiger partial charge on any atom is -0.353 e. The zero-order valence-electron chi connectivity index (χ0n) is 15.6. The molecule has 0 radical (unpaired) electrons. The molecule has 0 bridgehead atoms. The van der Waals surface area contributed by atoms with E-state index in [0.29, 0.717) is 32.5 Å². The van der Waals surface area contributed by atoms with Crippen molar-refractivity contribution in [3.8, 4) is 0 Å². The maximum atomic E-state index is 12.8. The Labute approximate surface area is 156 Å². The molecule has 7 heteroatoms. The number of hydrogen-bond donors (Lipinski definition) is 2. The van der Waals surface area contributed by atoms with E-state index in [1.54, 1.807) is 0 Å². The number of benzene rings is 1. The topological polar surface area (TPSA) is 78.5 Å². The highest BCUT2D eigenvalue weighted by atomic mass is 32.2. The van der Waals surface area contributed by atoms with Crippen LogP contribution in [-0.4, -0.2) is 62.4 Å². The first-order valence-electron chi connectivity index (χ1n) is 9.33. The molecule has 1 unspecified atom stereocenters. The van der Waals surface area contributed by atoms with Crippen LogP contribution in [0.25, 0.3) is 0 Å². The van der Waals surface area contributed by atoms with Crippen molar-refractivity contribution >= 4 is 15.7 Å². The van der Waals surface area contributed by atoms with Crippen molar-refractivity contribution in [3.63, 3.8) is 0 Å². The summed E-state index contributed by atoms with van der Waals surface area (Å²) >= 11 is 0. The minimum atomic E-state index is -3.47. The predicted octanol–water partition coefficient (Wildman–Crippen LogP) is 0.716. The van der Waals surface area contributed by atoms with Crippen LogP contribution in [0.5, 0.6) is 0 Å². The third kappa shape index (κ3) is 3.80. The average molecular weight is 380 g/mol. The van der Waals surface area contributed by atoms with Crippen molar-refractivity contribution in [3.05, 3.63) is 35.4 Å². The lowest BCUT2D eigenvalue weighted by Crippen LogP contribution is -2.58. The first kappa shape index (κ1) is 19.3. The molecule has 2 aliphatic heterocycles. The SMILES string of the molecule is CC(CNC(=O)C1(S(C)(=O)=O)CCNCC1)N1CCc2ccccc2C1. The molecule has 1 aromatic carbocycles. The zero-order chi connectivity index (χ0) is 18.8. The Balaban J connectivity index is 1.62. The third-order valence-corrected chi connectivity index (χ3v) is 7.89. The van der Waals surface area contributed by atoms with Crippen LogP contribution in [0.1, 0.15) is 30.9 Å². The van der Waals surface area contributed by atoms with Gasteiger partial charge in [-0.05, 0) is 50.4 Å². The Kier molecular flexibility index (Phi) is 5.69. The lowest BCUT2D eigenvalue weighted by atomic mass is 9.95. The predicted molar refractivity (Wildman–Crippen MR) is 103 cm³/mol. The second-order valence-corrected chi connectivity index (χ2v) is 9.89. The van der Waals surface area contributed by atoms with Gasteiger partial charge in [0.25, 0.3) is 0 Å². The molecule has 3 rings (SSSR count). The maximum Gasteiger partial charge on any atom is 0.241 e. The van der Waals surface area contributed by atoms with Crippen LogP contribution in [0, 0.1) is 0 Å². The van der Waals surface area contributed by atoms with Gasteiger partial charge in [0.1, 0.15) is 0 Å². The first-order valence-corrected chi connectivity index (χ1v) is 11.2. The van der Waals surface area contributed by atoms with E-state index in [4.69, 9.17) is 0 Å². The molecule has 0 spiro atoms. The number of sulfone groups is 1. The van der Waals surface area contributed by atoms with Gasteiger partial charge in [0.05, 0.1) is 0 Å². The summed E-state index contributed by atoms with van der Waals surface area (Å²) < 4.78 is 23.4. The number of nitrogens with zero attached hydrogens (tertiary/aromatic N) is 1. The molecule has 1 aromatic rings. The lowest BCUT2D eigenvalue weighted by molar-refractivity contribution is -0.124. The molecule has 2 aliphatic rings. The van der Waals surface area contributed by atoms with Gasteiger partial charge in [-0.25, -0.2) is 8.42 Å². The molecular weight excluding hydrogens is 350 g/mol. The summed E-state index contributed by atoms with van der Waals surface area (Å²) in [5.41, 5.74) is 2.73. The van der Waals surface area contributed by atoms with E-state index < -0.39 is 14.6 Å². The Hall–Kier alpha value is -1.44. The number of carbonyl (C=O) groups excluding carboxylic acids is 1. The average Bonchev–Trinajstić information content (AvgIpc) is 2.65. The van der Waals surface area contributed by atoms with Gasteiger partial charge < -0.3 is 10.6 Å². The van der Waals surface area contributed by atoms with Gasteiger partial charge in [0.15, 0.2) is 14.6 Å². The quantitative estimate of drug-likeness (QED) is 0.788. The molecule has 26 heavy (non-hydrogen) atoms. The highest BCUT2D eigenvalue weighted by Crippen LogP contribution is 2.28. The van der Waals surface area contributed by atoms with Gasteiger partial charge in [-0.2, -0.15) is 0 Å². The fourth-order valence-electron chi connectivity index (χ4n) is 4.02. The smallest absolute Gasteiger partial charge is 0.241 e. The van der Waals surface area contributed by atoms with Crippen LogP contribution >= 0.6 is 0 Å². The molecule has 6 nitrogen and oxygen atoms in total. The van der Waals surface area contributed by atoms with E-state index in [2.05, 4.69) is 46.7 Å². The molecule has 2 N–H and O–H groups in total. The Morgan fingerprint density at radius 2 is 1.92 bits per heavy atom. The van der Waals surface area contributed by atoms with Crippen LogP contribution in [-0.2, 0) is 27.6 Å². The van der Waals surface area contributed by atoms with Gasteiger partial charge in [-0.3, -0.25) is 9.69 Å². The standard InChI is InChI=1S/C19H29N3O3S/c1-15(22-12-7-16-5-3-4-6-17(16)14-22)13-21-18(23)19(26(2,24)25)8-10-20-11-9-19/h3-6,15,20H,7-14H2,1-2H3,(H,21,23). The Bertz CT molecular complexity index is 757. The highest BCUT2D eigenvalue weighted by molar-refractivity contribution is 7.92. The zero-order valence-corrected chi connectivity index (χ0v) is 16.4. The summed E-state index contributed by atoms with van der Waals surface area (Å²) in [6.45, 7) is 5.48. The van der Waals surface area contributed by atoms with E-state index in [0.717, 1.165) is 19.5 Å². The van der Waals surface area contributed by atoms with Gasteiger partial charge in [-0.1, -0.05) is 24.3 Å². The van der Waals surface area contributed by atoms with Gasteiger partial charge in [-0.15, -0.1) is 0 Å². The van der Waals surface area contributed by atoms with Crippen LogP contribution in [0.3, 0.4) is 0 Å². The second-order valence-electron chi connectivity index (χ2n) is 7.56. The Morgan fingerprint density at radius 1 is 1.27 bits per heavy atom. The number of hydrogen-bond acceptors (Lipinski definition) is 5. The van der Waals surface area contributed by atoms with Gasteiger partial charge in [0.2, 0.25) is 5.91 Å². The number of nitrogens with one attached hydrogen (secondary N) is 2. The molecule has 1 amide bonds. The second kappa shape index (κ2) is 7.66. The number of piperidine rings is 1.